The van der Waals surface area contributed by atoms with Crippen molar-refractivity contribution in [3.63, 3.8) is 0 Å². The van der Waals surface area contributed by atoms with Crippen molar-refractivity contribution in [1.82, 2.24) is 4.98 Å². The molecule has 2 aliphatic heterocycles. The Morgan fingerprint density at radius 2 is 1.81 bits per heavy atom. The SMILES string of the molecule is N#CC1(C#N)[C@@H](c2ccncc2)O[C@@]23CCCCC[C@@H]2[C@@]1(C#N)C(=N)O3. The highest BCUT2D eigenvalue weighted by atomic mass is 16.7. The fourth-order valence-corrected chi connectivity index (χ4v) is 4.88. The number of hydrogen-bond donors (Lipinski definition) is 1. The van der Waals surface area contributed by atoms with Crippen molar-refractivity contribution < 1.29 is 9.47 Å². The van der Waals surface area contributed by atoms with E-state index in [-0.39, 0.29) is 5.90 Å². The van der Waals surface area contributed by atoms with Gasteiger partial charge in [0.05, 0.1) is 24.1 Å². The van der Waals surface area contributed by atoms with E-state index in [1.165, 1.54) is 0 Å². The Hall–Kier alpha value is -2.95. The van der Waals surface area contributed by atoms with Crippen molar-refractivity contribution in [1.29, 1.82) is 21.2 Å². The molecular formula is C19H17N5O2. The second kappa shape index (κ2) is 5.53. The number of nitriles is 3. The maximum absolute atomic E-state index is 10.2. The number of hydrogen-bond acceptors (Lipinski definition) is 7. The van der Waals surface area contributed by atoms with E-state index in [1.54, 1.807) is 24.5 Å². The van der Waals surface area contributed by atoms with Crippen molar-refractivity contribution >= 4 is 5.90 Å². The highest BCUT2D eigenvalue weighted by molar-refractivity contribution is 5.89. The summed E-state index contributed by atoms with van der Waals surface area (Å²) in [6.45, 7) is 0. The fraction of sp³-hybridized carbons (Fsp3) is 0.526. The van der Waals surface area contributed by atoms with Crippen LogP contribution in [0, 0.1) is 56.2 Å². The minimum atomic E-state index is -1.87. The summed E-state index contributed by atoms with van der Waals surface area (Å²) >= 11 is 0. The second-order valence-corrected chi connectivity index (χ2v) is 7.12. The molecule has 130 valence electrons. The van der Waals surface area contributed by atoms with Crippen molar-refractivity contribution in [2.24, 2.45) is 16.7 Å². The summed E-state index contributed by atoms with van der Waals surface area (Å²) in [4.78, 5) is 3.98. The first kappa shape index (κ1) is 16.5. The lowest BCUT2D eigenvalue weighted by molar-refractivity contribution is -0.284. The Morgan fingerprint density at radius 3 is 2.46 bits per heavy atom. The van der Waals surface area contributed by atoms with Crippen LogP contribution in [0.3, 0.4) is 0 Å². The Bertz CT molecular complexity index is 866. The maximum Gasteiger partial charge on any atom is 0.217 e. The molecule has 1 aromatic heterocycles. The summed E-state index contributed by atoms with van der Waals surface area (Å²) in [6.07, 6.45) is 5.92. The van der Waals surface area contributed by atoms with E-state index >= 15 is 0 Å². The molecule has 3 heterocycles. The first-order valence-electron chi connectivity index (χ1n) is 8.70. The highest BCUT2D eigenvalue weighted by Crippen LogP contribution is 2.68. The van der Waals surface area contributed by atoms with E-state index in [9.17, 15) is 15.8 Å². The van der Waals surface area contributed by atoms with Crippen molar-refractivity contribution in [3.8, 4) is 18.2 Å². The van der Waals surface area contributed by atoms with Crippen LogP contribution in [0.1, 0.15) is 43.8 Å². The molecule has 2 saturated heterocycles. The van der Waals surface area contributed by atoms with Crippen LogP contribution in [0.4, 0.5) is 0 Å². The van der Waals surface area contributed by atoms with E-state index in [2.05, 4.69) is 23.2 Å². The van der Waals surface area contributed by atoms with Crippen molar-refractivity contribution in [2.45, 2.75) is 44.0 Å². The smallest absolute Gasteiger partial charge is 0.217 e. The lowest BCUT2D eigenvalue weighted by atomic mass is 9.52. The van der Waals surface area contributed by atoms with E-state index < -0.39 is 28.6 Å². The average Bonchev–Trinajstić information content (AvgIpc) is 2.81. The van der Waals surface area contributed by atoms with Gasteiger partial charge in [0, 0.05) is 18.8 Å². The van der Waals surface area contributed by atoms with Gasteiger partial charge in [0.1, 0.15) is 6.10 Å². The van der Waals surface area contributed by atoms with Gasteiger partial charge in [-0.2, -0.15) is 15.8 Å². The van der Waals surface area contributed by atoms with E-state index in [0.29, 0.717) is 18.4 Å². The zero-order valence-corrected chi connectivity index (χ0v) is 14.1. The second-order valence-electron chi connectivity index (χ2n) is 7.12. The molecule has 1 aliphatic carbocycles. The lowest BCUT2D eigenvalue weighted by Crippen LogP contribution is -2.59. The van der Waals surface area contributed by atoms with Gasteiger partial charge < -0.3 is 9.47 Å². The quantitative estimate of drug-likeness (QED) is 0.832. The minimum absolute atomic E-state index is 0.313. The van der Waals surface area contributed by atoms with Gasteiger partial charge in [-0.15, -0.1) is 0 Å². The predicted octanol–water partition coefficient (Wildman–Crippen LogP) is 2.98. The molecule has 0 aromatic carbocycles. The zero-order chi connectivity index (χ0) is 18.4. The van der Waals surface area contributed by atoms with Crippen LogP contribution in [0.25, 0.3) is 0 Å². The fourth-order valence-electron chi connectivity index (χ4n) is 4.88. The molecule has 1 N–H and O–H groups in total. The van der Waals surface area contributed by atoms with Gasteiger partial charge >= 0.3 is 0 Å². The van der Waals surface area contributed by atoms with Crippen LogP contribution < -0.4 is 0 Å². The molecule has 0 unspecified atom stereocenters. The van der Waals surface area contributed by atoms with Crippen LogP contribution in [-0.4, -0.2) is 16.7 Å². The van der Waals surface area contributed by atoms with E-state index in [0.717, 1.165) is 19.3 Å². The Morgan fingerprint density at radius 1 is 1.08 bits per heavy atom. The van der Waals surface area contributed by atoms with Gasteiger partial charge in [-0.25, -0.2) is 0 Å². The molecule has 26 heavy (non-hydrogen) atoms. The Labute approximate surface area is 151 Å². The van der Waals surface area contributed by atoms with E-state index in [4.69, 9.17) is 14.9 Å². The third-order valence-corrected chi connectivity index (χ3v) is 6.08. The molecule has 1 aromatic rings. The maximum atomic E-state index is 10.2. The topological polar surface area (TPSA) is 127 Å². The van der Waals surface area contributed by atoms with Crippen molar-refractivity contribution in [3.05, 3.63) is 30.1 Å². The number of ether oxygens (including phenoxy) is 2. The predicted molar refractivity (Wildman–Crippen MR) is 87.9 cm³/mol. The number of nitrogens with one attached hydrogen (secondary N) is 1. The summed E-state index contributed by atoms with van der Waals surface area (Å²) in [7, 11) is 0. The van der Waals surface area contributed by atoms with Crippen LogP contribution in [0.5, 0.6) is 0 Å². The Balaban J connectivity index is 2.01. The van der Waals surface area contributed by atoms with Gasteiger partial charge in [-0.05, 0) is 30.5 Å². The Kier molecular flexibility index (Phi) is 3.51. The molecule has 2 bridgehead atoms. The summed E-state index contributed by atoms with van der Waals surface area (Å²) in [5.41, 5.74) is -2.93. The van der Waals surface area contributed by atoms with Crippen LogP contribution in [0.2, 0.25) is 0 Å². The van der Waals surface area contributed by atoms with Gasteiger partial charge in [0.25, 0.3) is 0 Å². The zero-order valence-electron chi connectivity index (χ0n) is 14.1. The number of nitrogens with zero attached hydrogens (tertiary/aromatic N) is 4. The molecule has 3 aliphatic rings. The standard InChI is InChI=1S/C19H17N5O2/c20-10-17(11-21)15(13-5-8-24-9-6-13)25-19-7-3-1-2-4-14(19)18(17,12-22)16(23)26-19/h5-6,8-9,14-15,23H,1-4,7H2/t14-,15-,18+,19-/m1/s1. The number of rotatable bonds is 1. The summed E-state index contributed by atoms with van der Waals surface area (Å²) in [5, 5.41) is 38.8. The molecule has 0 amide bonds. The monoisotopic (exact) mass is 347 g/mol. The van der Waals surface area contributed by atoms with Crippen LogP contribution in [0.15, 0.2) is 24.5 Å². The molecule has 4 rings (SSSR count). The van der Waals surface area contributed by atoms with Gasteiger partial charge in [-0.1, -0.05) is 12.8 Å². The first-order chi connectivity index (χ1) is 12.6. The third kappa shape index (κ3) is 1.72. The molecule has 7 nitrogen and oxygen atoms in total. The average molecular weight is 347 g/mol. The van der Waals surface area contributed by atoms with Crippen LogP contribution in [-0.2, 0) is 9.47 Å². The van der Waals surface area contributed by atoms with Gasteiger partial charge in [-0.3, -0.25) is 10.4 Å². The van der Waals surface area contributed by atoms with Crippen LogP contribution >= 0.6 is 0 Å². The molecule has 7 heteroatoms. The molecule has 0 radical (unpaired) electrons. The van der Waals surface area contributed by atoms with Gasteiger partial charge in [0.2, 0.25) is 17.1 Å². The molecule has 0 spiro atoms. The lowest BCUT2D eigenvalue weighted by Gasteiger charge is -2.49. The molecule has 3 fully saturated rings. The third-order valence-electron chi connectivity index (χ3n) is 6.08. The minimum Gasteiger partial charge on any atom is -0.447 e. The summed E-state index contributed by atoms with van der Waals surface area (Å²) in [6, 6.07) is 9.67. The molecular weight excluding hydrogens is 330 g/mol. The normalized spacial score (nSPS) is 37.2. The highest BCUT2D eigenvalue weighted by Gasteiger charge is 2.80. The summed E-state index contributed by atoms with van der Waals surface area (Å²) in [5.74, 6) is -1.95. The van der Waals surface area contributed by atoms with Crippen molar-refractivity contribution in [2.75, 3.05) is 0 Å². The summed E-state index contributed by atoms with van der Waals surface area (Å²) < 4.78 is 12.2. The number of aromatic nitrogens is 1. The molecule has 4 atom stereocenters. The van der Waals surface area contributed by atoms with E-state index in [1.807, 2.05) is 0 Å². The number of pyridine rings is 1. The molecule has 1 saturated carbocycles. The van der Waals surface area contributed by atoms with Gasteiger partial charge in [0.15, 0.2) is 5.41 Å². The largest absolute Gasteiger partial charge is 0.447 e. The first-order valence-corrected chi connectivity index (χ1v) is 8.70.